The molecule has 0 aromatic heterocycles. The lowest BCUT2D eigenvalue weighted by atomic mass is 9.92. The van der Waals surface area contributed by atoms with Crippen molar-refractivity contribution in [2.75, 3.05) is 14.1 Å². The second-order valence-corrected chi connectivity index (χ2v) is 5.56. The molecule has 2 amide bonds. The predicted octanol–water partition coefficient (Wildman–Crippen LogP) is 2.01. The highest BCUT2D eigenvalue weighted by molar-refractivity contribution is 6.26. The zero-order chi connectivity index (χ0) is 14.0. The second kappa shape index (κ2) is 3.67. The quantitative estimate of drug-likeness (QED) is 0.741. The fourth-order valence-electron chi connectivity index (χ4n) is 3.37. The van der Waals surface area contributed by atoms with Gasteiger partial charge in [-0.15, -0.1) is 0 Å². The van der Waals surface area contributed by atoms with Crippen molar-refractivity contribution in [3.05, 3.63) is 46.5 Å². The Balaban J connectivity index is 2.13. The summed E-state index contributed by atoms with van der Waals surface area (Å²) >= 11 is 0. The van der Waals surface area contributed by atoms with E-state index in [0.29, 0.717) is 11.1 Å². The number of hydrogen-bond acceptors (Lipinski definition) is 3. The standard InChI is InChI=1S/C16H14N2O2/c1-17(2)18-15(19)11-7-5-9-3-4-10-6-8-12(16(18)20)14(11)13(9)10/h5-8H,3-4H2,1-2H3. The highest BCUT2D eigenvalue weighted by Crippen LogP contribution is 2.38. The molecule has 0 radical (unpaired) electrons. The van der Waals surface area contributed by atoms with Crippen LogP contribution in [0.25, 0.3) is 10.8 Å². The molecule has 20 heavy (non-hydrogen) atoms. The molecule has 0 saturated heterocycles. The number of aryl methyl sites for hydroxylation is 2. The molecule has 0 spiro atoms. The van der Waals surface area contributed by atoms with E-state index in [1.54, 1.807) is 19.1 Å². The van der Waals surface area contributed by atoms with E-state index in [2.05, 4.69) is 0 Å². The van der Waals surface area contributed by atoms with Gasteiger partial charge in [0.15, 0.2) is 0 Å². The first kappa shape index (κ1) is 11.6. The molecule has 4 heteroatoms. The molecule has 2 aromatic carbocycles. The number of amides is 2. The van der Waals surface area contributed by atoms with Crippen LogP contribution in [0.3, 0.4) is 0 Å². The molecule has 0 N–H and O–H groups in total. The molecular weight excluding hydrogens is 252 g/mol. The highest BCUT2D eigenvalue weighted by atomic mass is 16.2. The molecule has 4 nitrogen and oxygen atoms in total. The first-order valence-corrected chi connectivity index (χ1v) is 6.73. The molecule has 2 aromatic rings. The first-order valence-electron chi connectivity index (χ1n) is 6.73. The third-order valence-electron chi connectivity index (χ3n) is 4.24. The highest BCUT2D eigenvalue weighted by Gasteiger charge is 2.36. The zero-order valence-electron chi connectivity index (χ0n) is 11.4. The molecule has 0 fully saturated rings. The minimum atomic E-state index is -0.233. The molecule has 1 heterocycles. The van der Waals surface area contributed by atoms with E-state index in [1.165, 1.54) is 16.1 Å². The molecule has 0 unspecified atom stereocenters. The second-order valence-electron chi connectivity index (χ2n) is 5.56. The van der Waals surface area contributed by atoms with Crippen LogP contribution in [0.15, 0.2) is 24.3 Å². The van der Waals surface area contributed by atoms with E-state index in [-0.39, 0.29) is 11.8 Å². The summed E-state index contributed by atoms with van der Waals surface area (Å²) < 4.78 is 0. The van der Waals surface area contributed by atoms with Gasteiger partial charge in [0.25, 0.3) is 11.8 Å². The van der Waals surface area contributed by atoms with Gasteiger partial charge in [-0.1, -0.05) is 12.1 Å². The van der Waals surface area contributed by atoms with Gasteiger partial charge in [0.1, 0.15) is 0 Å². The van der Waals surface area contributed by atoms with Crippen LogP contribution in [0.2, 0.25) is 0 Å². The zero-order valence-corrected chi connectivity index (χ0v) is 11.4. The number of carbonyl (C=O) groups is 2. The SMILES string of the molecule is CN(C)N1C(=O)c2ccc3c4c(ccc(c24)C1=O)CC3. The number of nitrogens with zero attached hydrogens (tertiary/aromatic N) is 2. The summed E-state index contributed by atoms with van der Waals surface area (Å²) in [4.78, 5) is 25.1. The maximum absolute atomic E-state index is 12.6. The van der Waals surface area contributed by atoms with Gasteiger partial charge in [-0.25, -0.2) is 10.0 Å². The monoisotopic (exact) mass is 266 g/mol. The Hall–Kier alpha value is -2.20. The van der Waals surface area contributed by atoms with Crippen LogP contribution in [-0.2, 0) is 12.8 Å². The molecule has 0 bridgehead atoms. The number of hydrazine groups is 1. The Morgan fingerprint density at radius 1 is 0.850 bits per heavy atom. The average molecular weight is 266 g/mol. The summed E-state index contributed by atoms with van der Waals surface area (Å²) in [5.74, 6) is -0.466. The van der Waals surface area contributed by atoms with Gasteiger partial charge in [0.2, 0.25) is 0 Å². The van der Waals surface area contributed by atoms with Crippen molar-refractivity contribution in [3.63, 3.8) is 0 Å². The fourth-order valence-corrected chi connectivity index (χ4v) is 3.37. The van der Waals surface area contributed by atoms with Gasteiger partial charge in [-0.3, -0.25) is 9.59 Å². The Morgan fingerprint density at radius 2 is 1.35 bits per heavy atom. The van der Waals surface area contributed by atoms with Crippen LogP contribution in [0.1, 0.15) is 31.8 Å². The van der Waals surface area contributed by atoms with E-state index in [1.807, 2.05) is 24.3 Å². The van der Waals surface area contributed by atoms with E-state index in [0.717, 1.165) is 23.6 Å². The van der Waals surface area contributed by atoms with Crippen LogP contribution in [0, 0.1) is 0 Å². The molecule has 100 valence electrons. The molecule has 1 aliphatic carbocycles. The van der Waals surface area contributed by atoms with Crippen molar-refractivity contribution < 1.29 is 9.59 Å². The lowest BCUT2D eigenvalue weighted by Crippen LogP contribution is -2.48. The van der Waals surface area contributed by atoms with Gasteiger partial charge in [0, 0.05) is 19.5 Å². The van der Waals surface area contributed by atoms with Gasteiger partial charge >= 0.3 is 0 Å². The van der Waals surface area contributed by atoms with Crippen molar-refractivity contribution in [1.29, 1.82) is 0 Å². The fraction of sp³-hybridized carbons (Fsp3) is 0.250. The predicted molar refractivity (Wildman–Crippen MR) is 75.5 cm³/mol. The average Bonchev–Trinajstić information content (AvgIpc) is 2.83. The van der Waals surface area contributed by atoms with Crippen molar-refractivity contribution in [2.45, 2.75) is 12.8 Å². The van der Waals surface area contributed by atoms with Crippen LogP contribution in [-0.4, -0.2) is 35.9 Å². The lowest BCUT2D eigenvalue weighted by Gasteiger charge is -2.31. The Kier molecular flexibility index (Phi) is 2.13. The van der Waals surface area contributed by atoms with E-state index in [4.69, 9.17) is 0 Å². The van der Waals surface area contributed by atoms with Gasteiger partial charge in [0.05, 0.1) is 11.1 Å². The Morgan fingerprint density at radius 3 is 1.80 bits per heavy atom. The van der Waals surface area contributed by atoms with Crippen LogP contribution < -0.4 is 0 Å². The summed E-state index contributed by atoms with van der Waals surface area (Å²) in [6.45, 7) is 0. The van der Waals surface area contributed by atoms with Gasteiger partial charge in [-0.2, -0.15) is 0 Å². The minimum Gasteiger partial charge on any atom is -0.267 e. The molecule has 1 aliphatic heterocycles. The Bertz CT molecular complexity index is 734. The van der Waals surface area contributed by atoms with Gasteiger partial charge in [-0.05, 0) is 41.5 Å². The normalized spacial score (nSPS) is 16.6. The minimum absolute atomic E-state index is 0.233. The molecule has 0 atom stereocenters. The molecule has 2 aliphatic rings. The molecule has 4 rings (SSSR count). The summed E-state index contributed by atoms with van der Waals surface area (Å²) in [7, 11) is 3.41. The van der Waals surface area contributed by atoms with E-state index < -0.39 is 0 Å². The van der Waals surface area contributed by atoms with Crippen LogP contribution in [0.4, 0.5) is 0 Å². The third-order valence-corrected chi connectivity index (χ3v) is 4.24. The maximum atomic E-state index is 12.6. The van der Waals surface area contributed by atoms with E-state index >= 15 is 0 Å². The van der Waals surface area contributed by atoms with Crippen LogP contribution >= 0.6 is 0 Å². The summed E-state index contributed by atoms with van der Waals surface area (Å²) in [6, 6.07) is 7.78. The van der Waals surface area contributed by atoms with Gasteiger partial charge < -0.3 is 0 Å². The third kappa shape index (κ3) is 1.24. The molecular formula is C16H14N2O2. The molecule has 0 saturated carbocycles. The number of hydrogen-bond donors (Lipinski definition) is 0. The number of benzene rings is 2. The smallest absolute Gasteiger partial charge is 0.267 e. The number of imide groups is 1. The number of rotatable bonds is 1. The largest absolute Gasteiger partial charge is 0.276 e. The van der Waals surface area contributed by atoms with E-state index in [9.17, 15) is 9.59 Å². The number of carbonyl (C=O) groups excluding carboxylic acids is 2. The summed E-state index contributed by atoms with van der Waals surface area (Å²) in [6.07, 6.45) is 1.99. The van der Waals surface area contributed by atoms with Crippen molar-refractivity contribution in [3.8, 4) is 0 Å². The van der Waals surface area contributed by atoms with Crippen molar-refractivity contribution in [2.24, 2.45) is 0 Å². The lowest BCUT2D eigenvalue weighted by molar-refractivity contribution is 0.0183. The topological polar surface area (TPSA) is 40.6 Å². The summed E-state index contributed by atoms with van der Waals surface area (Å²) in [5, 5.41) is 4.72. The Labute approximate surface area is 116 Å². The van der Waals surface area contributed by atoms with Crippen LogP contribution in [0.5, 0.6) is 0 Å². The maximum Gasteiger partial charge on any atom is 0.276 e. The first-order chi connectivity index (χ1) is 9.59. The van der Waals surface area contributed by atoms with Crippen molar-refractivity contribution >= 4 is 22.6 Å². The van der Waals surface area contributed by atoms with Crippen molar-refractivity contribution in [1.82, 2.24) is 10.0 Å². The summed E-state index contributed by atoms with van der Waals surface area (Å²) in [5.41, 5.74) is 3.77.